The van der Waals surface area contributed by atoms with Crippen LogP contribution in [0.2, 0.25) is 5.02 Å². The van der Waals surface area contributed by atoms with E-state index in [1.165, 1.54) is 11.3 Å². The summed E-state index contributed by atoms with van der Waals surface area (Å²) < 4.78 is 7.59. The number of thiophene rings is 1. The molecule has 1 heterocycles. The van der Waals surface area contributed by atoms with Gasteiger partial charge in [0.1, 0.15) is 16.4 Å². The Morgan fingerprint density at radius 2 is 1.53 bits per heavy atom. The minimum absolute atomic E-state index is 0.156. The van der Waals surface area contributed by atoms with Crippen molar-refractivity contribution in [3.8, 4) is 22.6 Å². The summed E-state index contributed by atoms with van der Waals surface area (Å²) in [6, 6.07) is 35.9. The molecule has 2 amide bonds. The molecule has 1 aromatic heterocycles. The number of hydrogen-bond donors (Lipinski definition) is 3. The van der Waals surface area contributed by atoms with E-state index in [1.807, 2.05) is 91.0 Å². The van der Waals surface area contributed by atoms with Crippen LogP contribution in [-0.2, 0) is 4.79 Å². The van der Waals surface area contributed by atoms with E-state index in [4.69, 9.17) is 16.3 Å². The normalized spacial score (nSPS) is 11.5. The largest absolute Gasteiger partial charge is 0.481 e. The molecule has 0 radical (unpaired) electrons. The van der Waals surface area contributed by atoms with E-state index in [-0.39, 0.29) is 17.7 Å². The molecule has 10 heteroatoms. The van der Waals surface area contributed by atoms with Gasteiger partial charge in [-0.1, -0.05) is 106 Å². The van der Waals surface area contributed by atoms with Gasteiger partial charge >= 0.3 is 5.97 Å². The maximum atomic E-state index is 13.7. The second-order valence-electron chi connectivity index (χ2n) is 10.5. The first-order chi connectivity index (χ1) is 22.8. The zero-order valence-corrected chi connectivity index (χ0v) is 27.7. The summed E-state index contributed by atoms with van der Waals surface area (Å²) in [6.45, 7) is 0. The van der Waals surface area contributed by atoms with Gasteiger partial charge in [0.25, 0.3) is 11.8 Å². The van der Waals surface area contributed by atoms with E-state index in [0.717, 1.165) is 21.2 Å². The summed E-state index contributed by atoms with van der Waals surface area (Å²) >= 11 is 11.2. The number of nitrogens with one attached hydrogen (secondary N) is 2. The number of halogens is 2. The van der Waals surface area contributed by atoms with E-state index in [9.17, 15) is 19.5 Å². The highest BCUT2D eigenvalue weighted by atomic mass is 79.9. The molecule has 6 aromatic rings. The lowest BCUT2D eigenvalue weighted by molar-refractivity contribution is -0.137. The molecule has 1 atom stereocenters. The summed E-state index contributed by atoms with van der Waals surface area (Å²) in [6.07, 6.45) is -0.355. The highest BCUT2D eigenvalue weighted by Gasteiger charge is 2.24. The average molecular weight is 726 g/mol. The lowest BCUT2D eigenvalue weighted by atomic mass is 9.98. The van der Waals surface area contributed by atoms with Crippen molar-refractivity contribution in [2.24, 2.45) is 0 Å². The van der Waals surface area contributed by atoms with Gasteiger partial charge in [-0.3, -0.25) is 14.4 Å². The van der Waals surface area contributed by atoms with Crippen molar-refractivity contribution in [1.82, 2.24) is 5.32 Å². The standard InChI is InChI=1S/C37H26BrClN2O5S/c38-24-18-19-29(40-37(45)35-34(39)27-11-5-7-13-32(27)47-35)28(20-24)36(44)41-30(21-33(42)43)23-16-14-22(15-17-23)26-10-4-6-12-31(26)46-25-8-2-1-3-9-25/h1-20,30H,21H2,(H,40,45)(H,41,44)(H,42,43). The lowest BCUT2D eigenvalue weighted by Gasteiger charge is -2.20. The highest BCUT2D eigenvalue weighted by Crippen LogP contribution is 2.37. The fourth-order valence-electron chi connectivity index (χ4n) is 5.12. The number of hydrogen-bond acceptors (Lipinski definition) is 5. The minimum atomic E-state index is -1.08. The Labute approximate surface area is 287 Å². The van der Waals surface area contributed by atoms with Crippen molar-refractivity contribution in [2.45, 2.75) is 12.5 Å². The molecule has 7 nitrogen and oxygen atoms in total. The van der Waals surface area contributed by atoms with Gasteiger partial charge in [0.15, 0.2) is 0 Å². The van der Waals surface area contributed by atoms with E-state index < -0.39 is 23.8 Å². The Hall–Kier alpha value is -4.96. The van der Waals surface area contributed by atoms with Crippen LogP contribution in [0, 0.1) is 0 Å². The van der Waals surface area contributed by atoms with Crippen LogP contribution >= 0.6 is 38.9 Å². The molecular weight excluding hydrogens is 700 g/mol. The molecule has 47 heavy (non-hydrogen) atoms. The summed E-state index contributed by atoms with van der Waals surface area (Å²) in [5, 5.41) is 16.5. The molecule has 0 bridgehead atoms. The molecule has 0 aliphatic heterocycles. The average Bonchev–Trinajstić information content (AvgIpc) is 3.42. The number of carboxylic acid groups (broad SMARTS) is 1. The number of carbonyl (C=O) groups is 3. The quantitative estimate of drug-likeness (QED) is 0.130. The molecule has 234 valence electrons. The SMILES string of the molecule is O=C(O)CC(NC(=O)c1cc(Br)ccc1NC(=O)c1sc2ccccc2c1Cl)c1ccc(-c2ccccc2Oc2ccccc2)cc1. The minimum Gasteiger partial charge on any atom is -0.481 e. The van der Waals surface area contributed by atoms with Gasteiger partial charge < -0.3 is 20.5 Å². The monoisotopic (exact) mass is 724 g/mol. The second kappa shape index (κ2) is 14.2. The number of amides is 2. The number of rotatable bonds is 10. The van der Waals surface area contributed by atoms with Crippen LogP contribution in [0.15, 0.2) is 126 Å². The number of carbonyl (C=O) groups excluding carboxylic acids is 2. The molecular formula is C37H26BrClN2O5S. The van der Waals surface area contributed by atoms with Crippen molar-refractivity contribution in [1.29, 1.82) is 0 Å². The highest BCUT2D eigenvalue weighted by molar-refractivity contribution is 9.10. The first kappa shape index (κ1) is 32.0. The fraction of sp³-hybridized carbons (Fsp3) is 0.0541. The maximum absolute atomic E-state index is 13.7. The van der Waals surface area contributed by atoms with Gasteiger partial charge in [-0.15, -0.1) is 11.3 Å². The van der Waals surface area contributed by atoms with Crippen molar-refractivity contribution in [3.05, 3.63) is 147 Å². The van der Waals surface area contributed by atoms with Gasteiger partial charge in [-0.2, -0.15) is 0 Å². The summed E-state index contributed by atoms with van der Waals surface area (Å²) in [7, 11) is 0. The van der Waals surface area contributed by atoms with Crippen LogP contribution in [0.1, 0.15) is 38.1 Å². The first-order valence-electron chi connectivity index (χ1n) is 14.5. The van der Waals surface area contributed by atoms with Gasteiger partial charge in [0, 0.05) is 20.1 Å². The molecule has 6 rings (SSSR count). The van der Waals surface area contributed by atoms with Crippen molar-refractivity contribution in [2.75, 3.05) is 5.32 Å². The van der Waals surface area contributed by atoms with Crippen molar-refractivity contribution in [3.63, 3.8) is 0 Å². The number of benzene rings is 5. The number of anilines is 1. The van der Waals surface area contributed by atoms with Gasteiger partial charge in [0.05, 0.1) is 28.7 Å². The van der Waals surface area contributed by atoms with E-state index in [1.54, 1.807) is 30.3 Å². The second-order valence-corrected chi connectivity index (χ2v) is 12.9. The van der Waals surface area contributed by atoms with E-state index >= 15 is 0 Å². The van der Waals surface area contributed by atoms with Crippen molar-refractivity contribution >= 4 is 72.4 Å². The number of carboxylic acids is 1. The molecule has 0 fully saturated rings. The fourth-order valence-corrected chi connectivity index (χ4v) is 6.89. The topological polar surface area (TPSA) is 105 Å². The Kier molecular flexibility index (Phi) is 9.68. The van der Waals surface area contributed by atoms with E-state index in [0.29, 0.717) is 31.4 Å². The molecule has 0 aliphatic carbocycles. The van der Waals surface area contributed by atoms with Crippen molar-refractivity contribution < 1.29 is 24.2 Å². The van der Waals surface area contributed by atoms with Crippen LogP contribution in [-0.4, -0.2) is 22.9 Å². The molecule has 0 saturated heterocycles. The van der Waals surface area contributed by atoms with E-state index in [2.05, 4.69) is 26.6 Å². The summed E-state index contributed by atoms with van der Waals surface area (Å²) in [4.78, 5) is 39.2. The Balaban J connectivity index is 1.24. The lowest BCUT2D eigenvalue weighted by Crippen LogP contribution is -2.31. The third-order valence-corrected chi connectivity index (χ3v) is 9.55. The number of fused-ring (bicyclic) bond motifs is 1. The number of ether oxygens (including phenoxy) is 1. The Bertz CT molecular complexity index is 2100. The predicted octanol–water partition coefficient (Wildman–Crippen LogP) is 9.97. The molecule has 3 N–H and O–H groups in total. The van der Waals surface area contributed by atoms with Crippen LogP contribution in [0.25, 0.3) is 21.2 Å². The van der Waals surface area contributed by atoms with Crippen LogP contribution < -0.4 is 15.4 Å². The zero-order valence-electron chi connectivity index (χ0n) is 24.6. The van der Waals surface area contributed by atoms with Gasteiger partial charge in [-0.05, 0) is 53.6 Å². The molecule has 1 unspecified atom stereocenters. The summed E-state index contributed by atoms with van der Waals surface area (Å²) in [5.74, 6) is -0.718. The van der Waals surface area contributed by atoms with Gasteiger partial charge in [0.2, 0.25) is 0 Å². The van der Waals surface area contributed by atoms with Crippen LogP contribution in [0.4, 0.5) is 5.69 Å². The zero-order chi connectivity index (χ0) is 32.9. The third kappa shape index (κ3) is 7.38. The number of para-hydroxylation sites is 2. The Morgan fingerprint density at radius 1 is 0.830 bits per heavy atom. The number of aliphatic carboxylic acids is 1. The molecule has 0 spiro atoms. The third-order valence-electron chi connectivity index (χ3n) is 7.38. The van der Waals surface area contributed by atoms with Crippen LogP contribution in [0.5, 0.6) is 11.5 Å². The first-order valence-corrected chi connectivity index (χ1v) is 16.5. The Morgan fingerprint density at radius 3 is 2.28 bits per heavy atom. The smallest absolute Gasteiger partial charge is 0.305 e. The summed E-state index contributed by atoms with van der Waals surface area (Å²) in [5.41, 5.74) is 2.73. The van der Waals surface area contributed by atoms with Crippen LogP contribution in [0.3, 0.4) is 0 Å². The maximum Gasteiger partial charge on any atom is 0.305 e. The molecule has 0 saturated carbocycles. The predicted molar refractivity (Wildman–Crippen MR) is 190 cm³/mol. The van der Waals surface area contributed by atoms with Gasteiger partial charge in [-0.25, -0.2) is 0 Å². The molecule has 0 aliphatic rings. The molecule has 5 aromatic carbocycles.